The van der Waals surface area contributed by atoms with Gasteiger partial charge in [0.05, 0.1) is 17.4 Å². The lowest BCUT2D eigenvalue weighted by Crippen LogP contribution is -2.17. The molecule has 0 bridgehead atoms. The van der Waals surface area contributed by atoms with Crippen molar-refractivity contribution in [1.29, 1.82) is 0 Å². The van der Waals surface area contributed by atoms with E-state index in [2.05, 4.69) is 30.0 Å². The van der Waals surface area contributed by atoms with E-state index in [1.807, 2.05) is 29.8 Å². The Labute approximate surface area is 114 Å². The summed E-state index contributed by atoms with van der Waals surface area (Å²) < 4.78 is 2.04. The molecule has 19 heavy (non-hydrogen) atoms. The van der Waals surface area contributed by atoms with Gasteiger partial charge in [-0.15, -0.1) is 0 Å². The average Bonchev–Trinajstić information content (AvgIpc) is 2.81. The number of hydrogen-bond donors (Lipinski definition) is 1. The maximum atomic E-state index is 6.27. The van der Waals surface area contributed by atoms with Gasteiger partial charge < -0.3 is 5.73 Å². The third-order valence-electron chi connectivity index (χ3n) is 3.29. The highest BCUT2D eigenvalue weighted by molar-refractivity contribution is 5.18. The van der Waals surface area contributed by atoms with E-state index in [0.717, 1.165) is 36.5 Å². The van der Waals surface area contributed by atoms with Gasteiger partial charge in [-0.25, -0.2) is 0 Å². The maximum Gasteiger partial charge on any atom is 0.0624 e. The molecular formula is C15H22N4. The summed E-state index contributed by atoms with van der Waals surface area (Å²) in [5, 5.41) is 4.55. The fourth-order valence-corrected chi connectivity index (χ4v) is 2.23. The smallest absolute Gasteiger partial charge is 0.0624 e. The second kappa shape index (κ2) is 5.97. The molecule has 0 aliphatic rings. The van der Waals surface area contributed by atoms with Crippen LogP contribution in [0.5, 0.6) is 0 Å². The van der Waals surface area contributed by atoms with E-state index in [0.29, 0.717) is 0 Å². The average molecular weight is 258 g/mol. The van der Waals surface area contributed by atoms with Gasteiger partial charge in [0.25, 0.3) is 0 Å². The van der Waals surface area contributed by atoms with Gasteiger partial charge in [-0.1, -0.05) is 13.0 Å². The Kier molecular flexibility index (Phi) is 4.32. The van der Waals surface area contributed by atoms with E-state index >= 15 is 0 Å². The first-order valence-electron chi connectivity index (χ1n) is 6.88. The van der Waals surface area contributed by atoms with Crippen molar-refractivity contribution in [3.05, 3.63) is 47.0 Å². The number of aryl methyl sites for hydroxylation is 3. The van der Waals surface area contributed by atoms with Crippen LogP contribution in [0.3, 0.4) is 0 Å². The first kappa shape index (κ1) is 13.7. The molecule has 2 aromatic rings. The molecular weight excluding hydrogens is 236 g/mol. The molecule has 0 saturated heterocycles. The zero-order valence-corrected chi connectivity index (χ0v) is 11.9. The van der Waals surface area contributed by atoms with Crippen LogP contribution in [-0.4, -0.2) is 14.8 Å². The fraction of sp³-hybridized carbons (Fsp3) is 0.467. The Morgan fingerprint density at radius 3 is 2.74 bits per heavy atom. The highest BCUT2D eigenvalue weighted by atomic mass is 15.3. The van der Waals surface area contributed by atoms with Crippen LogP contribution >= 0.6 is 0 Å². The van der Waals surface area contributed by atoms with Gasteiger partial charge in [-0.2, -0.15) is 5.10 Å². The zero-order valence-electron chi connectivity index (χ0n) is 11.9. The molecule has 0 amide bonds. The summed E-state index contributed by atoms with van der Waals surface area (Å²) in [5.41, 5.74) is 10.5. The molecule has 1 atom stereocenters. The number of pyridine rings is 1. The summed E-state index contributed by atoms with van der Waals surface area (Å²) in [5.74, 6) is 0. The predicted molar refractivity (Wildman–Crippen MR) is 76.9 cm³/mol. The van der Waals surface area contributed by atoms with Gasteiger partial charge >= 0.3 is 0 Å². The molecule has 2 aromatic heterocycles. The molecule has 0 saturated carbocycles. The van der Waals surface area contributed by atoms with Crippen molar-refractivity contribution in [2.24, 2.45) is 5.73 Å². The Balaban J connectivity index is 2.18. The minimum atomic E-state index is -0.0772. The van der Waals surface area contributed by atoms with E-state index in [4.69, 9.17) is 5.73 Å². The molecule has 0 fully saturated rings. The van der Waals surface area contributed by atoms with Crippen LogP contribution in [0.1, 0.15) is 42.7 Å². The molecule has 4 nitrogen and oxygen atoms in total. The molecule has 0 spiro atoms. The molecule has 0 radical (unpaired) electrons. The van der Waals surface area contributed by atoms with Crippen molar-refractivity contribution in [3.8, 4) is 0 Å². The van der Waals surface area contributed by atoms with E-state index in [9.17, 15) is 0 Å². The van der Waals surface area contributed by atoms with E-state index < -0.39 is 0 Å². The summed E-state index contributed by atoms with van der Waals surface area (Å²) in [7, 11) is 0. The second-order valence-corrected chi connectivity index (χ2v) is 4.81. The van der Waals surface area contributed by atoms with Crippen molar-refractivity contribution in [3.63, 3.8) is 0 Å². The van der Waals surface area contributed by atoms with Crippen LogP contribution in [0, 0.1) is 6.92 Å². The summed E-state index contributed by atoms with van der Waals surface area (Å²) in [4.78, 5) is 4.50. The first-order chi connectivity index (χ1) is 9.13. The van der Waals surface area contributed by atoms with Crippen LogP contribution in [0.25, 0.3) is 0 Å². The number of hydrogen-bond acceptors (Lipinski definition) is 3. The number of aromatic nitrogens is 3. The quantitative estimate of drug-likeness (QED) is 0.896. The third kappa shape index (κ3) is 3.20. The van der Waals surface area contributed by atoms with Crippen molar-refractivity contribution in [2.45, 2.75) is 46.2 Å². The van der Waals surface area contributed by atoms with Crippen molar-refractivity contribution < 1.29 is 0 Å². The predicted octanol–water partition coefficient (Wildman–Crippen LogP) is 2.41. The Morgan fingerprint density at radius 1 is 1.32 bits per heavy atom. The maximum absolute atomic E-state index is 6.27. The van der Waals surface area contributed by atoms with Crippen molar-refractivity contribution >= 4 is 0 Å². The number of nitrogens with zero attached hydrogens (tertiary/aromatic N) is 3. The first-order valence-corrected chi connectivity index (χ1v) is 6.88. The van der Waals surface area contributed by atoms with E-state index in [1.54, 1.807) is 0 Å². The molecule has 0 aliphatic carbocycles. The summed E-state index contributed by atoms with van der Waals surface area (Å²) in [6, 6.07) is 8.06. The van der Waals surface area contributed by atoms with E-state index in [1.165, 1.54) is 5.69 Å². The van der Waals surface area contributed by atoms with Gasteiger partial charge in [0.2, 0.25) is 0 Å². The molecule has 2 rings (SSSR count). The van der Waals surface area contributed by atoms with Gasteiger partial charge in [0.1, 0.15) is 0 Å². The van der Waals surface area contributed by atoms with Gasteiger partial charge in [0.15, 0.2) is 0 Å². The largest absolute Gasteiger partial charge is 0.322 e. The standard InChI is InChI=1S/C15H22N4/c1-4-12-9-13(19(5-2)18-12)10-14(16)15-8-6-7-11(3)17-15/h6-9,14H,4-5,10,16H2,1-3H3. The normalized spacial score (nSPS) is 12.6. The fourth-order valence-electron chi connectivity index (χ4n) is 2.23. The van der Waals surface area contributed by atoms with Gasteiger partial charge in [0, 0.05) is 24.4 Å². The number of rotatable bonds is 5. The minimum absolute atomic E-state index is 0.0772. The molecule has 4 heteroatoms. The highest BCUT2D eigenvalue weighted by Gasteiger charge is 2.13. The van der Waals surface area contributed by atoms with Crippen molar-refractivity contribution in [2.75, 3.05) is 0 Å². The Bertz CT molecular complexity index is 545. The highest BCUT2D eigenvalue weighted by Crippen LogP contribution is 2.16. The third-order valence-corrected chi connectivity index (χ3v) is 3.29. The molecule has 1 unspecified atom stereocenters. The lowest BCUT2D eigenvalue weighted by Gasteiger charge is -2.12. The van der Waals surface area contributed by atoms with Crippen LogP contribution in [0.2, 0.25) is 0 Å². The van der Waals surface area contributed by atoms with Crippen LogP contribution in [0.15, 0.2) is 24.3 Å². The molecule has 102 valence electrons. The molecule has 2 heterocycles. The van der Waals surface area contributed by atoms with Crippen LogP contribution < -0.4 is 5.73 Å². The van der Waals surface area contributed by atoms with Crippen molar-refractivity contribution in [1.82, 2.24) is 14.8 Å². The molecule has 0 aromatic carbocycles. The minimum Gasteiger partial charge on any atom is -0.322 e. The van der Waals surface area contributed by atoms with Crippen LogP contribution in [0.4, 0.5) is 0 Å². The Morgan fingerprint density at radius 2 is 2.11 bits per heavy atom. The summed E-state index contributed by atoms with van der Waals surface area (Å²) in [6.45, 7) is 7.09. The lowest BCUT2D eigenvalue weighted by atomic mass is 10.1. The lowest BCUT2D eigenvalue weighted by molar-refractivity contribution is 0.580. The van der Waals surface area contributed by atoms with Gasteiger partial charge in [-0.3, -0.25) is 9.67 Å². The molecule has 0 aliphatic heterocycles. The Hall–Kier alpha value is -1.68. The summed E-state index contributed by atoms with van der Waals surface area (Å²) >= 11 is 0. The second-order valence-electron chi connectivity index (χ2n) is 4.81. The summed E-state index contributed by atoms with van der Waals surface area (Å²) in [6.07, 6.45) is 1.73. The SMILES string of the molecule is CCc1cc(CC(N)c2cccc(C)n2)n(CC)n1. The van der Waals surface area contributed by atoms with E-state index in [-0.39, 0.29) is 6.04 Å². The van der Waals surface area contributed by atoms with Gasteiger partial charge in [-0.05, 0) is 38.5 Å². The topological polar surface area (TPSA) is 56.7 Å². The zero-order chi connectivity index (χ0) is 13.8. The van der Waals surface area contributed by atoms with Crippen LogP contribution in [-0.2, 0) is 19.4 Å². The number of nitrogens with two attached hydrogens (primary N) is 1. The monoisotopic (exact) mass is 258 g/mol. The molecule has 2 N–H and O–H groups in total.